The van der Waals surface area contributed by atoms with Crippen molar-refractivity contribution in [2.45, 2.75) is 44.8 Å². The molecule has 146 valence electrons. The highest BCUT2D eigenvalue weighted by atomic mass is 16.7. The molecule has 0 aromatic heterocycles. The number of nitrogens with zero attached hydrogens (tertiary/aromatic N) is 1. The van der Waals surface area contributed by atoms with E-state index >= 15 is 0 Å². The largest absolute Gasteiger partial charge is 0.347 e. The first kappa shape index (κ1) is 18.4. The molecule has 1 spiro atoms. The number of rotatable bonds is 4. The van der Waals surface area contributed by atoms with E-state index in [2.05, 4.69) is 19.2 Å². The topological polar surface area (TPSA) is 67.9 Å². The molecule has 1 aromatic rings. The number of hydrogen-bond acceptors (Lipinski definition) is 4. The Morgan fingerprint density at radius 2 is 1.78 bits per heavy atom. The highest BCUT2D eigenvalue weighted by Gasteiger charge is 2.51. The second-order valence-corrected chi connectivity index (χ2v) is 8.11. The van der Waals surface area contributed by atoms with Gasteiger partial charge in [-0.2, -0.15) is 0 Å². The fraction of sp³-hybridized carbons (Fsp3) is 0.619. The van der Waals surface area contributed by atoms with Crippen LogP contribution in [0.4, 0.5) is 5.69 Å². The minimum Gasteiger partial charge on any atom is -0.347 e. The Morgan fingerprint density at radius 3 is 2.44 bits per heavy atom. The zero-order valence-electron chi connectivity index (χ0n) is 16.1. The molecule has 2 amide bonds. The first-order valence-corrected chi connectivity index (χ1v) is 9.95. The quantitative estimate of drug-likeness (QED) is 0.882. The molecule has 1 N–H and O–H groups in total. The molecule has 2 atom stereocenters. The molecule has 6 nitrogen and oxygen atoms in total. The molecule has 1 saturated carbocycles. The van der Waals surface area contributed by atoms with E-state index in [4.69, 9.17) is 9.47 Å². The maximum Gasteiger partial charge on any atom is 0.228 e. The number of hydrogen-bond donors (Lipinski definition) is 1. The van der Waals surface area contributed by atoms with Gasteiger partial charge in [0.2, 0.25) is 11.8 Å². The summed E-state index contributed by atoms with van der Waals surface area (Å²) in [5, 5.41) is 3.03. The number of carbonyl (C=O) groups excluding carboxylic acids is 2. The van der Waals surface area contributed by atoms with Gasteiger partial charge in [-0.1, -0.05) is 32.0 Å². The van der Waals surface area contributed by atoms with Crippen molar-refractivity contribution in [3.63, 3.8) is 0 Å². The Labute approximate surface area is 160 Å². The van der Waals surface area contributed by atoms with Crippen LogP contribution in [0.25, 0.3) is 0 Å². The third-order valence-electron chi connectivity index (χ3n) is 5.94. The van der Waals surface area contributed by atoms with Gasteiger partial charge in [-0.15, -0.1) is 0 Å². The van der Waals surface area contributed by atoms with E-state index in [1.54, 1.807) is 0 Å². The van der Waals surface area contributed by atoms with Crippen LogP contribution in [-0.2, 0) is 19.1 Å². The van der Waals surface area contributed by atoms with Crippen LogP contribution in [0.2, 0.25) is 0 Å². The Balaban J connectivity index is 1.31. The minimum atomic E-state index is -0.475. The van der Waals surface area contributed by atoms with Gasteiger partial charge < -0.3 is 19.7 Å². The zero-order valence-corrected chi connectivity index (χ0v) is 16.1. The SMILES string of the molecule is CC(C)c1ccccc1NC(=O)C1CC1C(=O)N1CCC2(CC1)OCCO2. The molecule has 2 aliphatic heterocycles. The summed E-state index contributed by atoms with van der Waals surface area (Å²) in [5.41, 5.74) is 1.97. The summed E-state index contributed by atoms with van der Waals surface area (Å²) >= 11 is 0. The van der Waals surface area contributed by atoms with Crippen molar-refractivity contribution in [1.29, 1.82) is 0 Å². The van der Waals surface area contributed by atoms with E-state index in [1.807, 2.05) is 29.2 Å². The van der Waals surface area contributed by atoms with Crippen molar-refractivity contribution < 1.29 is 19.1 Å². The van der Waals surface area contributed by atoms with E-state index in [9.17, 15) is 9.59 Å². The number of para-hydroxylation sites is 1. The third-order valence-corrected chi connectivity index (χ3v) is 5.94. The van der Waals surface area contributed by atoms with Gasteiger partial charge in [-0.05, 0) is 24.0 Å². The summed E-state index contributed by atoms with van der Waals surface area (Å²) in [5.74, 6) is -0.489. The first-order chi connectivity index (χ1) is 13.0. The molecule has 0 bridgehead atoms. The molecule has 2 saturated heterocycles. The van der Waals surface area contributed by atoms with Crippen molar-refractivity contribution in [3.8, 4) is 0 Å². The van der Waals surface area contributed by atoms with Gasteiger partial charge in [0.25, 0.3) is 0 Å². The predicted octanol–water partition coefficient (Wildman–Crippen LogP) is 2.75. The van der Waals surface area contributed by atoms with E-state index in [1.165, 1.54) is 0 Å². The number of benzene rings is 1. The zero-order chi connectivity index (χ0) is 19.0. The van der Waals surface area contributed by atoms with Crippen LogP contribution in [0.15, 0.2) is 24.3 Å². The number of ether oxygens (including phenoxy) is 2. The Hall–Kier alpha value is -1.92. The second-order valence-electron chi connectivity index (χ2n) is 8.11. The molecule has 0 radical (unpaired) electrons. The summed E-state index contributed by atoms with van der Waals surface area (Å²) in [6.07, 6.45) is 2.07. The molecule has 3 fully saturated rings. The van der Waals surface area contributed by atoms with Crippen LogP contribution < -0.4 is 5.32 Å². The number of carbonyl (C=O) groups is 2. The molecule has 2 heterocycles. The highest BCUT2D eigenvalue weighted by Crippen LogP contribution is 2.42. The van der Waals surface area contributed by atoms with Crippen LogP contribution in [0.1, 0.15) is 44.6 Å². The predicted molar refractivity (Wildman–Crippen MR) is 101 cm³/mol. The Morgan fingerprint density at radius 1 is 1.11 bits per heavy atom. The summed E-state index contributed by atoms with van der Waals surface area (Å²) < 4.78 is 11.4. The van der Waals surface area contributed by atoms with Crippen LogP contribution >= 0.6 is 0 Å². The molecule has 4 rings (SSSR count). The fourth-order valence-corrected chi connectivity index (χ4v) is 4.19. The van der Waals surface area contributed by atoms with Crippen molar-refractivity contribution >= 4 is 17.5 Å². The van der Waals surface area contributed by atoms with Gasteiger partial charge in [0, 0.05) is 31.6 Å². The van der Waals surface area contributed by atoms with Crippen molar-refractivity contribution in [2.24, 2.45) is 11.8 Å². The number of nitrogens with one attached hydrogen (secondary N) is 1. The summed E-state index contributed by atoms with van der Waals surface area (Å²) in [6.45, 7) is 6.76. The normalized spacial score (nSPS) is 26.4. The van der Waals surface area contributed by atoms with Crippen LogP contribution in [0.3, 0.4) is 0 Å². The summed E-state index contributed by atoms with van der Waals surface area (Å²) in [4.78, 5) is 27.3. The maximum absolute atomic E-state index is 12.8. The third kappa shape index (κ3) is 3.73. The molecule has 1 aliphatic carbocycles. The second kappa shape index (κ2) is 7.24. The van der Waals surface area contributed by atoms with Crippen LogP contribution in [-0.4, -0.2) is 48.8 Å². The van der Waals surface area contributed by atoms with E-state index in [-0.39, 0.29) is 23.7 Å². The number of amides is 2. The van der Waals surface area contributed by atoms with E-state index in [0.717, 1.165) is 11.3 Å². The molecule has 1 aromatic carbocycles. The fourth-order valence-electron chi connectivity index (χ4n) is 4.19. The highest BCUT2D eigenvalue weighted by molar-refractivity contribution is 6.00. The van der Waals surface area contributed by atoms with Gasteiger partial charge in [-0.3, -0.25) is 9.59 Å². The monoisotopic (exact) mass is 372 g/mol. The minimum absolute atomic E-state index is 0.0441. The van der Waals surface area contributed by atoms with Crippen LogP contribution in [0, 0.1) is 11.8 Å². The summed E-state index contributed by atoms with van der Waals surface area (Å²) in [6, 6.07) is 7.87. The van der Waals surface area contributed by atoms with E-state index < -0.39 is 5.79 Å². The van der Waals surface area contributed by atoms with Gasteiger partial charge >= 0.3 is 0 Å². The van der Waals surface area contributed by atoms with Gasteiger partial charge in [0.15, 0.2) is 5.79 Å². The molecule has 2 unspecified atom stereocenters. The lowest BCUT2D eigenvalue weighted by Crippen LogP contribution is -2.48. The first-order valence-electron chi connectivity index (χ1n) is 9.95. The Kier molecular flexibility index (Phi) is 4.95. The smallest absolute Gasteiger partial charge is 0.228 e. The van der Waals surface area contributed by atoms with Gasteiger partial charge in [-0.25, -0.2) is 0 Å². The molecule has 3 aliphatic rings. The maximum atomic E-state index is 12.8. The van der Waals surface area contributed by atoms with Gasteiger partial charge in [0.1, 0.15) is 0 Å². The average Bonchev–Trinajstić information content (AvgIpc) is 3.36. The van der Waals surface area contributed by atoms with Crippen molar-refractivity contribution in [3.05, 3.63) is 29.8 Å². The lowest BCUT2D eigenvalue weighted by molar-refractivity contribution is -0.187. The van der Waals surface area contributed by atoms with Gasteiger partial charge in [0.05, 0.1) is 25.0 Å². The number of piperidine rings is 1. The van der Waals surface area contributed by atoms with Crippen molar-refractivity contribution in [2.75, 3.05) is 31.6 Å². The number of likely N-dealkylation sites (tertiary alicyclic amines) is 1. The van der Waals surface area contributed by atoms with Crippen molar-refractivity contribution in [1.82, 2.24) is 4.90 Å². The average molecular weight is 372 g/mol. The molecule has 6 heteroatoms. The number of anilines is 1. The lowest BCUT2D eigenvalue weighted by atomic mass is 10.0. The summed E-state index contributed by atoms with van der Waals surface area (Å²) in [7, 11) is 0. The van der Waals surface area contributed by atoms with E-state index in [0.29, 0.717) is 51.5 Å². The Bertz CT molecular complexity index is 717. The lowest BCUT2D eigenvalue weighted by Gasteiger charge is -2.37. The molecular formula is C21H28N2O4. The van der Waals surface area contributed by atoms with Crippen LogP contribution in [0.5, 0.6) is 0 Å². The standard InChI is InChI=1S/C21H28N2O4/c1-14(2)15-5-3-4-6-18(15)22-19(24)16-13-17(16)20(25)23-9-7-21(8-10-23)26-11-12-27-21/h3-6,14,16-17H,7-13H2,1-2H3,(H,22,24). The molecule has 27 heavy (non-hydrogen) atoms. The molecular weight excluding hydrogens is 344 g/mol.